The largest absolute Gasteiger partial charge is 0.449 e. The van der Waals surface area contributed by atoms with E-state index in [1.807, 2.05) is 48.5 Å². The van der Waals surface area contributed by atoms with Crippen molar-refractivity contribution in [1.82, 2.24) is 46.5 Å². The Hall–Kier alpha value is -9.71. The molecule has 5 aromatic carbocycles. The fourth-order valence-corrected chi connectivity index (χ4v) is 14.6. The number of fused-ring (bicyclic) bond motifs is 5. The van der Waals surface area contributed by atoms with Crippen molar-refractivity contribution in [2.75, 3.05) is 36.5 Å². The molecule has 98 heavy (non-hydrogen) atoms. The van der Waals surface area contributed by atoms with E-state index in [9.17, 15) is 69.6 Å². The highest BCUT2D eigenvalue weighted by Crippen LogP contribution is 2.45. The van der Waals surface area contributed by atoms with Gasteiger partial charge in [-0.15, -0.1) is 5.10 Å². The van der Waals surface area contributed by atoms with Crippen molar-refractivity contribution in [2.24, 2.45) is 17.8 Å². The van der Waals surface area contributed by atoms with E-state index >= 15 is 0 Å². The second-order valence-electron chi connectivity index (χ2n) is 25.6. The van der Waals surface area contributed by atoms with Crippen LogP contribution >= 0.6 is 0 Å². The minimum atomic E-state index is -5.01. The number of ether oxygens (including phenoxy) is 1. The summed E-state index contributed by atoms with van der Waals surface area (Å²) < 4.78 is 69.3. The highest BCUT2D eigenvalue weighted by molar-refractivity contribution is 7.91. The number of unbranched alkanes of at least 4 members (excludes halogenated alkanes) is 1. The Balaban J connectivity index is 0.703. The zero-order valence-electron chi connectivity index (χ0n) is 55.2. The number of benzene rings is 5. The first-order chi connectivity index (χ1) is 46.4. The number of aliphatic hydroxyl groups is 1. The number of hydrogen-bond donors (Lipinski definition) is 9. The molecular weight excluding hydrogens is 1300 g/mol. The van der Waals surface area contributed by atoms with E-state index in [0.29, 0.717) is 25.0 Å². The molecule has 10 N–H and O–H groups in total. The first kappa shape index (κ1) is 72.6. The van der Waals surface area contributed by atoms with Gasteiger partial charge in [0.15, 0.2) is 27.2 Å². The first-order valence-electron chi connectivity index (χ1n) is 32.4. The van der Waals surface area contributed by atoms with Crippen LogP contribution < -0.4 is 37.6 Å². The van der Waals surface area contributed by atoms with E-state index in [4.69, 9.17) is 10.5 Å². The first-order valence-corrected chi connectivity index (χ1v) is 35.5. The maximum absolute atomic E-state index is 13.9. The molecule has 0 spiro atoms. The lowest BCUT2D eigenvalue weighted by Gasteiger charge is -2.30. The number of nitrogens with zero attached hydrogens (tertiary/aromatic N) is 4. The van der Waals surface area contributed by atoms with E-state index in [0.717, 1.165) is 28.3 Å². The van der Waals surface area contributed by atoms with E-state index in [2.05, 4.69) is 42.2 Å². The molecule has 6 aromatic rings. The van der Waals surface area contributed by atoms with E-state index < -0.39 is 137 Å². The van der Waals surface area contributed by atoms with Gasteiger partial charge in [0.2, 0.25) is 29.5 Å². The average Bonchev–Trinajstić information content (AvgIpc) is 0.782. The van der Waals surface area contributed by atoms with Gasteiger partial charge >= 0.3 is 6.09 Å². The summed E-state index contributed by atoms with van der Waals surface area (Å²) in [5, 5.41) is 35.3. The van der Waals surface area contributed by atoms with Gasteiger partial charge in [0.05, 0.1) is 63.7 Å². The fraction of sp³-hybridized carbons (Fsp3) is 0.406. The van der Waals surface area contributed by atoms with Gasteiger partial charge in [-0.25, -0.2) is 17.9 Å². The number of nitrogens with one attached hydrogen (secondary N) is 6. The molecule has 2 aliphatic carbocycles. The monoisotopic (exact) mass is 1380 g/mol. The average molecular weight is 1380 g/mol. The molecule has 7 atom stereocenters. The quantitative estimate of drug-likeness (QED) is 0.0165. The lowest BCUT2D eigenvalue weighted by Crippen LogP contribution is -2.58. The van der Waals surface area contributed by atoms with Crippen LogP contribution in [0.3, 0.4) is 0 Å². The molecule has 0 bridgehead atoms. The van der Waals surface area contributed by atoms with Crippen LogP contribution in [0.15, 0.2) is 119 Å². The Bertz CT molecular complexity index is 4280. The fourth-order valence-electron chi connectivity index (χ4n) is 12.5. The third-order valence-corrected chi connectivity index (χ3v) is 20.6. The Labute approximate surface area is 567 Å². The van der Waals surface area contributed by atoms with Crippen molar-refractivity contribution in [3.8, 4) is 11.1 Å². The minimum absolute atomic E-state index is 0.0148. The Morgan fingerprint density at radius 3 is 1.96 bits per heavy atom. The zero-order chi connectivity index (χ0) is 71.1. The van der Waals surface area contributed by atoms with E-state index in [1.54, 1.807) is 33.8 Å². The molecule has 1 fully saturated rings. The summed E-state index contributed by atoms with van der Waals surface area (Å²) >= 11 is 0. The molecule has 1 saturated heterocycles. The molecule has 1 aliphatic heterocycles. The SMILES string of the molecule is CC(NC(=O)C(NC(=O)C1CCCN1C(=O)C(C)NC(=O)C(C)NC(=O)OCC1c2ccccc2-c2ccccc21)C(C)C)C(=O)CC(C(=O)NCC(O)Cn1nncc1CCCCS(=O)(=O)c1cccc(Nc2cc(S(=O)(=O)O)c(N)c3c2C(=O)c2ccccc2C3=O)c1)C(C)C. The van der Waals surface area contributed by atoms with Crippen LogP contribution in [0, 0.1) is 17.8 Å². The molecule has 27 nitrogen and oxygen atoms in total. The predicted molar refractivity (Wildman–Crippen MR) is 360 cm³/mol. The third-order valence-electron chi connectivity index (χ3n) is 17.9. The number of aliphatic hydroxyl groups excluding tert-OH is 1. The van der Waals surface area contributed by atoms with Gasteiger partial charge in [0, 0.05) is 48.2 Å². The highest BCUT2D eigenvalue weighted by Gasteiger charge is 2.41. The summed E-state index contributed by atoms with van der Waals surface area (Å²) in [6.45, 7) is 11.2. The second-order valence-corrected chi connectivity index (χ2v) is 29.1. The van der Waals surface area contributed by atoms with Crippen LogP contribution in [-0.4, -0.2) is 161 Å². The van der Waals surface area contributed by atoms with Gasteiger partial charge in [-0.05, 0) is 111 Å². The topological polar surface area (TPSA) is 404 Å². The maximum Gasteiger partial charge on any atom is 0.407 e. The molecule has 1 aromatic heterocycles. The predicted octanol–water partition coefficient (Wildman–Crippen LogP) is 5.20. The van der Waals surface area contributed by atoms with Crippen LogP contribution in [0.25, 0.3) is 11.1 Å². The summed E-state index contributed by atoms with van der Waals surface area (Å²) in [6, 6.07) is 22.7. The standard InChI is InChI=1S/C69H81N11O16S2/c1-37(2)52(31-56(82)39(5)73-67(88)61(38(3)4)77-66(87)55-27-17-28-79(55)68(89)41(7)74-64(85)40(6)75-69(90)96-36-53-48-23-10-8-21-46(48)47-22-9-11-24-49(47)53)65(86)71-34-44(81)35-80-43(33-72-78-80)19-14-15-29-97(91,92)45-20-16-18-42(30-45)76-54-32-57(98(93,94)95)60(70)59-58(54)62(83)50-25-12-13-26-51(50)63(59)84/h8-13,16,18,20-26,30,32-33,37-41,44,52-53,55,61,76,81H,14-15,17,19,27-29,31,34-36,70H2,1-7H3,(H,71,86)(H,73,88)(H,74,85)(H,75,90)(H,77,87)(H,93,94,95). The van der Waals surface area contributed by atoms with E-state index in [1.165, 1.54) is 79.0 Å². The van der Waals surface area contributed by atoms with Gasteiger partial charge in [0.1, 0.15) is 35.7 Å². The molecule has 7 unspecified atom stereocenters. The number of nitrogens with two attached hydrogens (primary N) is 1. The molecule has 9 rings (SSSR count). The van der Waals surface area contributed by atoms with Crippen molar-refractivity contribution in [1.29, 1.82) is 0 Å². The van der Waals surface area contributed by atoms with Gasteiger partial charge < -0.3 is 52.4 Å². The second kappa shape index (κ2) is 30.8. The number of sulfone groups is 1. The minimum Gasteiger partial charge on any atom is -0.449 e. The molecule has 2 heterocycles. The number of alkyl carbamates (subject to hydrolysis) is 1. The number of ketones is 3. The molecule has 0 radical (unpaired) electrons. The van der Waals surface area contributed by atoms with Crippen LogP contribution in [-0.2, 0) is 66.4 Å². The molecule has 0 saturated carbocycles. The number of nitrogen functional groups attached to an aromatic ring is 1. The normalized spacial score (nSPS) is 16.1. The van der Waals surface area contributed by atoms with Gasteiger partial charge in [-0.3, -0.25) is 42.9 Å². The molecule has 29 heteroatoms. The summed E-state index contributed by atoms with van der Waals surface area (Å²) in [6.07, 6.45) is 0.725. The molecule has 6 amide bonds. The number of Topliss-reactive ketones (excluding diaryl/α,β-unsaturated/α-hetero) is 1. The van der Waals surface area contributed by atoms with Crippen molar-refractivity contribution < 1.29 is 74.4 Å². The molecule has 3 aliphatic rings. The summed E-state index contributed by atoms with van der Waals surface area (Å²) in [4.78, 5) is 123. The Morgan fingerprint density at radius 2 is 1.33 bits per heavy atom. The number of hydrogen-bond acceptors (Lipinski definition) is 19. The number of carbonyl (C=O) groups is 9. The van der Waals surface area contributed by atoms with Crippen molar-refractivity contribution in [2.45, 2.75) is 146 Å². The van der Waals surface area contributed by atoms with Crippen LogP contribution in [0.2, 0.25) is 0 Å². The van der Waals surface area contributed by atoms with Crippen molar-refractivity contribution in [3.63, 3.8) is 0 Å². The summed E-state index contributed by atoms with van der Waals surface area (Å²) in [5.74, 6) is -7.11. The highest BCUT2D eigenvalue weighted by atomic mass is 32.2. The lowest BCUT2D eigenvalue weighted by atomic mass is 9.82. The lowest BCUT2D eigenvalue weighted by molar-refractivity contribution is -0.142. The number of amides is 6. The number of carbonyl (C=O) groups excluding carboxylic acids is 9. The number of rotatable bonds is 29. The number of aromatic nitrogens is 3. The van der Waals surface area contributed by atoms with Gasteiger partial charge in [0.25, 0.3) is 10.1 Å². The number of aryl methyl sites for hydroxylation is 1. The number of anilines is 3. The van der Waals surface area contributed by atoms with Crippen LogP contribution in [0.1, 0.15) is 135 Å². The van der Waals surface area contributed by atoms with E-state index in [-0.39, 0.29) is 96.1 Å². The van der Waals surface area contributed by atoms with Crippen LogP contribution in [0.4, 0.5) is 21.9 Å². The Kier molecular flexibility index (Phi) is 22.8. The summed E-state index contributed by atoms with van der Waals surface area (Å²) in [5.41, 5.74) is 9.45. The third kappa shape index (κ3) is 16.5. The molecular formula is C69H81N11O16S2. The van der Waals surface area contributed by atoms with Gasteiger partial charge in [-0.1, -0.05) is 112 Å². The smallest absolute Gasteiger partial charge is 0.407 e. The number of likely N-dealkylation sites (tertiary alicyclic amines) is 1. The van der Waals surface area contributed by atoms with Gasteiger partial charge in [-0.2, -0.15) is 8.42 Å². The zero-order valence-corrected chi connectivity index (χ0v) is 56.9. The van der Waals surface area contributed by atoms with Crippen molar-refractivity contribution in [3.05, 3.63) is 148 Å². The Morgan fingerprint density at radius 1 is 0.704 bits per heavy atom. The maximum atomic E-state index is 13.9. The molecule has 520 valence electrons. The van der Waals surface area contributed by atoms with Crippen LogP contribution in [0.5, 0.6) is 0 Å². The van der Waals surface area contributed by atoms with Crippen molar-refractivity contribution >= 4 is 90.0 Å². The summed E-state index contributed by atoms with van der Waals surface area (Å²) in [7, 11) is -8.97.